The highest BCUT2D eigenvalue weighted by Crippen LogP contribution is 2.33. The molecule has 1 aliphatic carbocycles. The average Bonchev–Trinajstić information content (AvgIpc) is 3.55. The molecule has 1 fully saturated rings. The van der Waals surface area contributed by atoms with Crippen LogP contribution >= 0.6 is 11.3 Å². The lowest BCUT2D eigenvalue weighted by atomic mass is 9.95. The maximum absolute atomic E-state index is 13.1. The van der Waals surface area contributed by atoms with Crippen LogP contribution in [0.3, 0.4) is 0 Å². The molecular formula is C30H34N6O2S. The second kappa shape index (κ2) is 10.9. The molecular weight excluding hydrogens is 508 g/mol. The van der Waals surface area contributed by atoms with Crippen molar-refractivity contribution in [2.24, 2.45) is 0 Å². The van der Waals surface area contributed by atoms with Crippen LogP contribution < -0.4 is 11.1 Å². The number of hydrogen-bond donors (Lipinski definition) is 2. The summed E-state index contributed by atoms with van der Waals surface area (Å²) < 4.78 is 7.80. The van der Waals surface area contributed by atoms with Crippen molar-refractivity contribution in [3.8, 4) is 11.1 Å². The van der Waals surface area contributed by atoms with E-state index >= 15 is 0 Å². The summed E-state index contributed by atoms with van der Waals surface area (Å²) in [7, 11) is 0. The van der Waals surface area contributed by atoms with Crippen molar-refractivity contribution in [2.75, 3.05) is 24.1 Å². The molecule has 1 unspecified atom stereocenters. The molecule has 0 spiro atoms. The van der Waals surface area contributed by atoms with Gasteiger partial charge >= 0.3 is 0 Å². The molecule has 2 aromatic carbocycles. The lowest BCUT2D eigenvalue weighted by Gasteiger charge is -2.41. The molecule has 39 heavy (non-hydrogen) atoms. The minimum atomic E-state index is -0.140. The van der Waals surface area contributed by atoms with E-state index in [-0.39, 0.29) is 18.1 Å². The van der Waals surface area contributed by atoms with Crippen LogP contribution in [0.4, 0.5) is 10.8 Å². The summed E-state index contributed by atoms with van der Waals surface area (Å²) in [6.07, 6.45) is 7.41. The van der Waals surface area contributed by atoms with Gasteiger partial charge in [0.15, 0.2) is 5.13 Å². The third-order valence-electron chi connectivity index (χ3n) is 7.51. The monoisotopic (exact) mass is 542 g/mol. The van der Waals surface area contributed by atoms with Crippen LogP contribution in [-0.2, 0) is 24.1 Å². The number of fused-ring (bicyclic) bond motifs is 1. The summed E-state index contributed by atoms with van der Waals surface area (Å²) in [5.41, 5.74) is 11.4. The Kier molecular flexibility index (Phi) is 7.20. The van der Waals surface area contributed by atoms with Crippen molar-refractivity contribution in [3.05, 3.63) is 82.6 Å². The number of morpholine rings is 1. The topological polar surface area (TPSA) is 98.3 Å². The van der Waals surface area contributed by atoms with E-state index in [9.17, 15) is 4.79 Å². The van der Waals surface area contributed by atoms with Crippen LogP contribution in [0, 0.1) is 0 Å². The Bertz CT molecular complexity index is 1450. The molecule has 202 valence electrons. The maximum atomic E-state index is 13.1. The number of thiazole rings is 1. The van der Waals surface area contributed by atoms with E-state index in [1.165, 1.54) is 4.88 Å². The SMILES string of the molecule is C[C@@H]1CN(C2CCc3nc(NC(=O)c4cccc(Cn5cc(-c6ccc(N)cc6)cn5)c4)sc3C2)C[C@H](C)O1. The Morgan fingerprint density at radius 2 is 1.92 bits per heavy atom. The molecule has 2 aliphatic rings. The number of nitrogens with one attached hydrogen (secondary N) is 1. The Balaban J connectivity index is 1.09. The third kappa shape index (κ3) is 5.90. The molecule has 0 radical (unpaired) electrons. The standard InChI is InChI=1S/C30H34N6O2S/c1-19-15-35(16-20(2)38-19)26-10-11-27-28(13-26)39-30(33-27)34-29(37)23-5-3-4-21(12-23)17-36-18-24(14-32-36)22-6-8-25(31)9-7-22/h3-9,12,14,18-20,26H,10-11,13,15-17,31H2,1-2H3,(H,33,34,37)/t19-,20+,26?. The minimum Gasteiger partial charge on any atom is -0.399 e. The summed E-state index contributed by atoms with van der Waals surface area (Å²) in [5, 5.41) is 8.23. The number of anilines is 2. The molecule has 6 rings (SSSR count). The Labute approximate surface area is 232 Å². The van der Waals surface area contributed by atoms with Crippen molar-refractivity contribution < 1.29 is 9.53 Å². The summed E-state index contributed by atoms with van der Waals surface area (Å²) in [4.78, 5) is 21.8. The first-order valence-electron chi connectivity index (χ1n) is 13.6. The molecule has 8 nitrogen and oxygen atoms in total. The van der Waals surface area contributed by atoms with E-state index in [1.54, 1.807) is 11.3 Å². The first-order chi connectivity index (χ1) is 18.9. The third-order valence-corrected chi connectivity index (χ3v) is 8.54. The van der Waals surface area contributed by atoms with Gasteiger partial charge in [-0.2, -0.15) is 5.10 Å². The number of nitrogens with zero attached hydrogens (tertiary/aromatic N) is 4. The largest absolute Gasteiger partial charge is 0.399 e. The molecule has 0 bridgehead atoms. The molecule has 3 atom stereocenters. The molecule has 0 saturated carbocycles. The van der Waals surface area contributed by atoms with Gasteiger partial charge in [0, 0.05) is 47.0 Å². The van der Waals surface area contributed by atoms with Gasteiger partial charge < -0.3 is 10.5 Å². The number of carbonyl (C=O) groups is 1. The summed E-state index contributed by atoms with van der Waals surface area (Å²) >= 11 is 1.61. The fourth-order valence-electron chi connectivity index (χ4n) is 5.68. The average molecular weight is 543 g/mol. The number of benzene rings is 2. The number of rotatable bonds is 6. The lowest BCUT2D eigenvalue weighted by Crippen LogP contribution is -2.51. The Morgan fingerprint density at radius 3 is 2.72 bits per heavy atom. The van der Waals surface area contributed by atoms with E-state index < -0.39 is 0 Å². The van der Waals surface area contributed by atoms with Gasteiger partial charge in [0.1, 0.15) is 0 Å². The van der Waals surface area contributed by atoms with Crippen molar-refractivity contribution in [1.29, 1.82) is 0 Å². The predicted octanol–water partition coefficient (Wildman–Crippen LogP) is 4.86. The second-order valence-electron chi connectivity index (χ2n) is 10.7. The van der Waals surface area contributed by atoms with Gasteiger partial charge in [-0.05, 0) is 68.5 Å². The van der Waals surface area contributed by atoms with Crippen molar-refractivity contribution in [2.45, 2.75) is 57.9 Å². The Morgan fingerprint density at radius 1 is 1.13 bits per heavy atom. The quantitative estimate of drug-likeness (QED) is 0.338. The van der Waals surface area contributed by atoms with Crippen molar-refractivity contribution >= 4 is 28.1 Å². The summed E-state index contributed by atoms with van der Waals surface area (Å²) in [5.74, 6) is -0.140. The molecule has 1 amide bonds. The Hall–Kier alpha value is -3.53. The highest BCUT2D eigenvalue weighted by molar-refractivity contribution is 7.15. The van der Waals surface area contributed by atoms with E-state index in [1.807, 2.05) is 65.6 Å². The number of carbonyl (C=O) groups excluding carboxylic acids is 1. The molecule has 1 saturated heterocycles. The van der Waals surface area contributed by atoms with Gasteiger partial charge in [-0.3, -0.25) is 19.7 Å². The van der Waals surface area contributed by atoms with Crippen LogP contribution in [0.15, 0.2) is 60.9 Å². The molecule has 3 N–H and O–H groups in total. The zero-order valence-electron chi connectivity index (χ0n) is 22.3. The zero-order chi connectivity index (χ0) is 26.9. The highest BCUT2D eigenvalue weighted by atomic mass is 32.1. The van der Waals surface area contributed by atoms with E-state index in [4.69, 9.17) is 15.5 Å². The van der Waals surface area contributed by atoms with Gasteiger partial charge in [0.05, 0.1) is 30.6 Å². The normalized spacial score (nSPS) is 21.4. The van der Waals surface area contributed by atoms with Crippen LogP contribution in [-0.4, -0.2) is 56.9 Å². The summed E-state index contributed by atoms with van der Waals surface area (Å²) in [6.45, 7) is 6.83. The van der Waals surface area contributed by atoms with Gasteiger partial charge in [-0.25, -0.2) is 4.98 Å². The van der Waals surface area contributed by atoms with Gasteiger partial charge in [-0.15, -0.1) is 11.3 Å². The van der Waals surface area contributed by atoms with E-state index in [0.29, 0.717) is 23.3 Å². The van der Waals surface area contributed by atoms with Crippen molar-refractivity contribution in [3.63, 3.8) is 0 Å². The minimum absolute atomic E-state index is 0.140. The molecule has 2 aromatic heterocycles. The number of ether oxygens (including phenoxy) is 1. The smallest absolute Gasteiger partial charge is 0.257 e. The molecule has 9 heteroatoms. The van der Waals surface area contributed by atoms with E-state index in [0.717, 1.165) is 60.4 Å². The number of hydrogen-bond acceptors (Lipinski definition) is 7. The highest BCUT2D eigenvalue weighted by Gasteiger charge is 2.32. The number of nitrogens with two attached hydrogens (primary N) is 1. The lowest BCUT2D eigenvalue weighted by molar-refractivity contribution is -0.0815. The number of nitrogen functional groups attached to an aromatic ring is 1. The van der Waals surface area contributed by atoms with Crippen LogP contribution in [0.5, 0.6) is 0 Å². The first-order valence-corrected chi connectivity index (χ1v) is 14.4. The fraction of sp³-hybridized carbons (Fsp3) is 0.367. The number of aromatic nitrogens is 3. The predicted molar refractivity (Wildman–Crippen MR) is 155 cm³/mol. The number of aryl methyl sites for hydroxylation is 1. The van der Waals surface area contributed by atoms with Gasteiger partial charge in [0.2, 0.25) is 0 Å². The molecule has 4 aromatic rings. The number of amides is 1. The van der Waals surface area contributed by atoms with E-state index in [2.05, 4.69) is 29.2 Å². The molecule has 1 aliphatic heterocycles. The van der Waals surface area contributed by atoms with Crippen LogP contribution in [0.1, 0.15) is 46.8 Å². The zero-order valence-corrected chi connectivity index (χ0v) is 23.2. The van der Waals surface area contributed by atoms with Crippen molar-refractivity contribution in [1.82, 2.24) is 19.7 Å². The molecule has 3 heterocycles. The second-order valence-corrected chi connectivity index (χ2v) is 11.8. The first kappa shape index (κ1) is 25.7. The fourth-order valence-corrected chi connectivity index (χ4v) is 6.75. The van der Waals surface area contributed by atoms with Gasteiger partial charge in [0.25, 0.3) is 5.91 Å². The maximum Gasteiger partial charge on any atom is 0.257 e. The summed E-state index contributed by atoms with van der Waals surface area (Å²) in [6, 6.07) is 15.9. The van der Waals surface area contributed by atoms with Crippen LogP contribution in [0.25, 0.3) is 11.1 Å². The van der Waals surface area contributed by atoms with Crippen LogP contribution in [0.2, 0.25) is 0 Å². The van der Waals surface area contributed by atoms with Gasteiger partial charge in [-0.1, -0.05) is 24.3 Å².